The number of hydrogen-bond acceptors (Lipinski definition) is 4. The van der Waals surface area contributed by atoms with E-state index in [9.17, 15) is 4.79 Å². The van der Waals surface area contributed by atoms with E-state index in [0.29, 0.717) is 16.3 Å². The Kier molecular flexibility index (Phi) is 3.71. The second-order valence-corrected chi connectivity index (χ2v) is 4.68. The van der Waals surface area contributed by atoms with Crippen LogP contribution in [0.1, 0.15) is 11.3 Å². The summed E-state index contributed by atoms with van der Waals surface area (Å²) in [6.07, 6.45) is 6.57. The van der Waals surface area contributed by atoms with Gasteiger partial charge in [0.1, 0.15) is 5.76 Å². The van der Waals surface area contributed by atoms with Gasteiger partial charge >= 0.3 is 5.97 Å². The number of esters is 1. The number of cyclic esters (lactones) is 1. The Bertz CT molecular complexity index is 740. The highest BCUT2D eigenvalue weighted by molar-refractivity contribution is 6.30. The van der Waals surface area contributed by atoms with E-state index in [1.165, 1.54) is 0 Å². The zero-order valence-corrected chi connectivity index (χ0v) is 11.6. The Morgan fingerprint density at radius 1 is 1.14 bits per heavy atom. The summed E-state index contributed by atoms with van der Waals surface area (Å²) in [4.78, 5) is 15.9. The maximum Gasteiger partial charge on any atom is 0.363 e. The summed E-state index contributed by atoms with van der Waals surface area (Å²) in [5.41, 5.74) is 0.939. The Labute approximate surface area is 126 Å². The van der Waals surface area contributed by atoms with E-state index in [4.69, 9.17) is 20.8 Å². The van der Waals surface area contributed by atoms with Crippen molar-refractivity contribution in [3.8, 4) is 0 Å². The first kappa shape index (κ1) is 13.4. The highest BCUT2D eigenvalue weighted by atomic mass is 35.5. The number of carbonyl (C=O) groups excluding carboxylic acids is 1. The van der Waals surface area contributed by atoms with E-state index in [2.05, 4.69) is 4.99 Å². The SMILES string of the molecule is O=C1OC(c2ccc(Cl)cc2)=N/C1=C/C=C\c1ccco1. The van der Waals surface area contributed by atoms with Gasteiger partial charge in [-0.25, -0.2) is 9.79 Å². The summed E-state index contributed by atoms with van der Waals surface area (Å²) in [6.45, 7) is 0. The highest BCUT2D eigenvalue weighted by Crippen LogP contribution is 2.18. The molecule has 0 saturated carbocycles. The largest absolute Gasteiger partial charge is 0.465 e. The minimum atomic E-state index is -0.482. The first-order valence-electron chi connectivity index (χ1n) is 6.21. The molecule has 0 N–H and O–H groups in total. The van der Waals surface area contributed by atoms with Gasteiger partial charge in [0.25, 0.3) is 0 Å². The first-order valence-corrected chi connectivity index (χ1v) is 6.59. The molecule has 2 heterocycles. The zero-order chi connectivity index (χ0) is 14.7. The number of carbonyl (C=O) groups is 1. The summed E-state index contributed by atoms with van der Waals surface area (Å²) in [7, 11) is 0. The van der Waals surface area contributed by atoms with E-state index in [1.807, 2.05) is 6.07 Å². The molecule has 0 saturated heterocycles. The molecule has 0 radical (unpaired) electrons. The molecule has 104 valence electrons. The van der Waals surface area contributed by atoms with Gasteiger partial charge in [0.2, 0.25) is 5.90 Å². The first-order chi connectivity index (χ1) is 10.2. The second kappa shape index (κ2) is 5.81. The number of rotatable bonds is 3. The fraction of sp³-hybridized carbons (Fsp3) is 0. The standard InChI is InChI=1S/C16H10ClNO3/c17-12-8-6-11(7-9-12)15-18-14(16(19)21-15)5-1-3-13-4-2-10-20-13/h1-10H/b3-1-,14-5+. The molecule has 0 aliphatic carbocycles. The van der Waals surface area contributed by atoms with E-state index in [0.717, 1.165) is 0 Å². The summed E-state index contributed by atoms with van der Waals surface area (Å²) in [5, 5.41) is 0.612. The van der Waals surface area contributed by atoms with Gasteiger partial charge < -0.3 is 9.15 Å². The summed E-state index contributed by atoms with van der Waals surface area (Å²) >= 11 is 5.82. The molecule has 3 rings (SSSR count). The van der Waals surface area contributed by atoms with E-state index >= 15 is 0 Å². The van der Waals surface area contributed by atoms with Gasteiger partial charge in [-0.1, -0.05) is 17.7 Å². The topological polar surface area (TPSA) is 51.8 Å². The lowest BCUT2D eigenvalue weighted by Crippen LogP contribution is -2.04. The molecule has 2 aromatic rings. The fourth-order valence-corrected chi connectivity index (χ4v) is 1.89. The van der Waals surface area contributed by atoms with Crippen LogP contribution in [0.5, 0.6) is 0 Å². The lowest BCUT2D eigenvalue weighted by Gasteiger charge is -1.98. The zero-order valence-electron chi connectivity index (χ0n) is 10.8. The number of furan rings is 1. The maximum absolute atomic E-state index is 11.7. The van der Waals surface area contributed by atoms with Crippen molar-refractivity contribution >= 4 is 29.5 Å². The molecule has 0 atom stereocenters. The third kappa shape index (κ3) is 3.12. The van der Waals surface area contributed by atoms with Crippen LogP contribution in [0.25, 0.3) is 6.08 Å². The van der Waals surface area contributed by atoms with Gasteiger partial charge in [0, 0.05) is 10.6 Å². The monoisotopic (exact) mass is 299 g/mol. The van der Waals surface area contributed by atoms with Crippen LogP contribution >= 0.6 is 11.6 Å². The fourth-order valence-electron chi connectivity index (χ4n) is 1.76. The molecule has 1 aliphatic heterocycles. The molecule has 1 aromatic carbocycles. The van der Waals surface area contributed by atoms with Crippen molar-refractivity contribution in [2.45, 2.75) is 0 Å². The summed E-state index contributed by atoms with van der Waals surface area (Å²) < 4.78 is 10.3. The molecule has 0 unspecified atom stereocenters. The van der Waals surface area contributed by atoms with E-state index < -0.39 is 5.97 Å². The minimum absolute atomic E-state index is 0.239. The number of allylic oxidation sites excluding steroid dienone is 2. The van der Waals surface area contributed by atoms with Crippen molar-refractivity contribution in [2.75, 3.05) is 0 Å². The molecule has 1 aliphatic rings. The van der Waals surface area contributed by atoms with Gasteiger partial charge in [0.15, 0.2) is 5.70 Å². The Morgan fingerprint density at radius 2 is 1.95 bits per heavy atom. The van der Waals surface area contributed by atoms with Gasteiger partial charge in [-0.2, -0.15) is 0 Å². The van der Waals surface area contributed by atoms with Crippen molar-refractivity contribution in [1.29, 1.82) is 0 Å². The smallest absolute Gasteiger partial charge is 0.363 e. The number of nitrogens with zero attached hydrogens (tertiary/aromatic N) is 1. The van der Waals surface area contributed by atoms with Crippen LogP contribution < -0.4 is 0 Å². The molecule has 5 heteroatoms. The van der Waals surface area contributed by atoms with Crippen molar-refractivity contribution in [3.63, 3.8) is 0 Å². The molecule has 1 aromatic heterocycles. The number of hydrogen-bond donors (Lipinski definition) is 0. The Hall–Kier alpha value is -2.59. The molecular weight excluding hydrogens is 290 g/mol. The number of aliphatic imine (C=N–C) groups is 1. The average Bonchev–Trinajstić information content (AvgIpc) is 3.10. The number of halogens is 1. The number of ether oxygens (including phenoxy) is 1. The van der Waals surface area contributed by atoms with Crippen LogP contribution in [0.4, 0.5) is 0 Å². The van der Waals surface area contributed by atoms with Gasteiger partial charge in [-0.15, -0.1) is 0 Å². The summed E-state index contributed by atoms with van der Waals surface area (Å²) in [5.74, 6) is 0.485. The third-order valence-electron chi connectivity index (χ3n) is 2.77. The average molecular weight is 300 g/mol. The van der Waals surface area contributed by atoms with Crippen LogP contribution in [0.3, 0.4) is 0 Å². The van der Waals surface area contributed by atoms with Crippen LogP contribution in [-0.4, -0.2) is 11.9 Å². The van der Waals surface area contributed by atoms with Crippen LogP contribution in [-0.2, 0) is 9.53 Å². The minimum Gasteiger partial charge on any atom is -0.465 e. The summed E-state index contributed by atoms with van der Waals surface area (Å²) in [6, 6.07) is 10.5. The quantitative estimate of drug-likeness (QED) is 0.639. The molecule has 0 amide bonds. The Morgan fingerprint density at radius 3 is 2.67 bits per heavy atom. The van der Waals surface area contributed by atoms with Gasteiger partial charge in [0.05, 0.1) is 6.26 Å². The van der Waals surface area contributed by atoms with Crippen LogP contribution in [0.2, 0.25) is 5.02 Å². The molecule has 21 heavy (non-hydrogen) atoms. The molecule has 4 nitrogen and oxygen atoms in total. The molecule has 0 spiro atoms. The van der Waals surface area contributed by atoms with Gasteiger partial charge in [-0.3, -0.25) is 0 Å². The molecule has 0 fully saturated rings. The lowest BCUT2D eigenvalue weighted by molar-refractivity contribution is -0.130. The molecule has 0 bridgehead atoms. The predicted molar refractivity (Wildman–Crippen MR) is 79.9 cm³/mol. The highest BCUT2D eigenvalue weighted by Gasteiger charge is 2.23. The second-order valence-electron chi connectivity index (χ2n) is 4.24. The van der Waals surface area contributed by atoms with Crippen molar-refractivity contribution in [3.05, 3.63) is 76.9 Å². The van der Waals surface area contributed by atoms with Crippen molar-refractivity contribution in [2.24, 2.45) is 4.99 Å². The lowest BCUT2D eigenvalue weighted by atomic mass is 10.2. The van der Waals surface area contributed by atoms with E-state index in [-0.39, 0.29) is 11.6 Å². The maximum atomic E-state index is 11.7. The van der Waals surface area contributed by atoms with Crippen molar-refractivity contribution < 1.29 is 13.9 Å². The normalized spacial score (nSPS) is 16.5. The Balaban J connectivity index is 1.80. The molecular formula is C16H10ClNO3. The third-order valence-corrected chi connectivity index (χ3v) is 3.02. The number of benzene rings is 1. The van der Waals surface area contributed by atoms with Gasteiger partial charge in [-0.05, 0) is 48.6 Å². The van der Waals surface area contributed by atoms with Crippen LogP contribution in [0, 0.1) is 0 Å². The van der Waals surface area contributed by atoms with E-state index in [1.54, 1.807) is 54.8 Å². The van der Waals surface area contributed by atoms with Crippen molar-refractivity contribution in [1.82, 2.24) is 0 Å². The predicted octanol–water partition coefficient (Wildman–Crippen LogP) is 3.83. The van der Waals surface area contributed by atoms with Crippen LogP contribution in [0.15, 0.2) is 69.9 Å².